The second-order valence-electron chi connectivity index (χ2n) is 6.70. The first-order chi connectivity index (χ1) is 12.6. The van der Waals surface area contributed by atoms with Crippen molar-refractivity contribution in [1.82, 2.24) is 13.9 Å². The molecule has 2 aliphatic heterocycles. The molecule has 1 saturated heterocycles. The third kappa shape index (κ3) is 2.17. The molecule has 0 N–H and O–H groups in total. The Morgan fingerprint density at radius 2 is 1.73 bits per heavy atom. The highest BCUT2D eigenvalue weighted by Crippen LogP contribution is 2.46. The lowest BCUT2D eigenvalue weighted by Crippen LogP contribution is -2.29. The van der Waals surface area contributed by atoms with E-state index in [-0.39, 0.29) is 16.7 Å². The van der Waals surface area contributed by atoms with Crippen molar-refractivity contribution in [3.05, 3.63) is 78.1 Å². The number of nitrogens with zero attached hydrogens (tertiary/aromatic N) is 3. The van der Waals surface area contributed by atoms with Crippen molar-refractivity contribution in [2.75, 3.05) is 13.1 Å². The molecule has 2 atom stereocenters. The van der Waals surface area contributed by atoms with Crippen molar-refractivity contribution in [2.45, 2.75) is 16.7 Å². The zero-order valence-electron chi connectivity index (χ0n) is 13.8. The van der Waals surface area contributed by atoms with Gasteiger partial charge in [0.05, 0.1) is 10.6 Å². The van der Waals surface area contributed by atoms with E-state index in [1.165, 1.54) is 28.6 Å². The van der Waals surface area contributed by atoms with Gasteiger partial charge in [-0.2, -0.15) is 4.31 Å². The van der Waals surface area contributed by atoms with E-state index in [4.69, 9.17) is 0 Å². The third-order valence-electron chi connectivity index (χ3n) is 5.33. The van der Waals surface area contributed by atoms with Crippen molar-refractivity contribution in [3.63, 3.8) is 0 Å². The molecule has 0 radical (unpaired) electrons. The smallest absolute Gasteiger partial charge is 0.243 e. The second-order valence-corrected chi connectivity index (χ2v) is 8.64. The first-order valence-corrected chi connectivity index (χ1v) is 9.88. The lowest BCUT2D eigenvalue weighted by Gasteiger charge is -2.28. The van der Waals surface area contributed by atoms with Gasteiger partial charge in [-0.15, -0.1) is 0 Å². The number of rotatable bonds is 2. The van der Waals surface area contributed by atoms with Crippen molar-refractivity contribution in [1.29, 1.82) is 0 Å². The van der Waals surface area contributed by atoms with Crippen molar-refractivity contribution in [2.24, 2.45) is 0 Å². The molecule has 0 aliphatic carbocycles. The zero-order chi connectivity index (χ0) is 17.9. The van der Waals surface area contributed by atoms with Crippen molar-refractivity contribution in [3.8, 4) is 5.69 Å². The van der Waals surface area contributed by atoms with Crippen LogP contribution in [0, 0.1) is 5.82 Å². The van der Waals surface area contributed by atoms with Crippen LogP contribution >= 0.6 is 0 Å². The maximum Gasteiger partial charge on any atom is 0.243 e. The Kier molecular flexibility index (Phi) is 3.32. The summed E-state index contributed by atoms with van der Waals surface area (Å²) >= 11 is 0. The topological polar surface area (TPSA) is 55.2 Å². The molecular weight excluding hydrogens is 353 g/mol. The summed E-state index contributed by atoms with van der Waals surface area (Å²) in [6.45, 7) is 0.768. The molecule has 0 spiro atoms. The van der Waals surface area contributed by atoms with Gasteiger partial charge in [-0.3, -0.25) is 0 Å². The average Bonchev–Trinajstić information content (AvgIpc) is 3.29. The van der Waals surface area contributed by atoms with Crippen LogP contribution in [0.2, 0.25) is 0 Å². The SMILES string of the molecule is O=S(=O)(c1ccc(F)cc1)N1C[C@@H]2c3nccn3-c3ccccc3[C@@H]2C1. The van der Waals surface area contributed by atoms with Crippen molar-refractivity contribution < 1.29 is 12.8 Å². The average molecular weight is 369 g/mol. The van der Waals surface area contributed by atoms with Gasteiger partial charge in [0.15, 0.2) is 0 Å². The molecule has 5 rings (SSSR count). The van der Waals surface area contributed by atoms with E-state index in [1.807, 2.05) is 29.0 Å². The molecule has 7 heteroatoms. The molecule has 132 valence electrons. The Morgan fingerprint density at radius 1 is 1.00 bits per heavy atom. The van der Waals surface area contributed by atoms with Gasteiger partial charge in [-0.25, -0.2) is 17.8 Å². The minimum absolute atomic E-state index is 0.00937. The Hall–Kier alpha value is -2.51. The molecular formula is C19H16FN3O2S. The lowest BCUT2D eigenvalue weighted by molar-refractivity contribution is 0.469. The van der Waals surface area contributed by atoms with Gasteiger partial charge in [0.25, 0.3) is 0 Å². The predicted octanol–water partition coefficient (Wildman–Crippen LogP) is 2.90. The van der Waals surface area contributed by atoms with E-state index < -0.39 is 15.8 Å². The van der Waals surface area contributed by atoms with E-state index >= 15 is 0 Å². The van der Waals surface area contributed by atoms with Gasteiger partial charge >= 0.3 is 0 Å². The number of imidazole rings is 1. The summed E-state index contributed by atoms with van der Waals surface area (Å²) in [7, 11) is -3.67. The molecule has 0 amide bonds. The number of hydrogen-bond donors (Lipinski definition) is 0. The second kappa shape index (κ2) is 5.49. The summed E-state index contributed by atoms with van der Waals surface area (Å²) in [6.07, 6.45) is 3.67. The molecule has 2 aliphatic rings. The number of fused-ring (bicyclic) bond motifs is 6. The molecule has 0 bridgehead atoms. The minimum Gasteiger partial charge on any atom is -0.303 e. The molecule has 1 aromatic heterocycles. The number of halogens is 1. The summed E-state index contributed by atoms with van der Waals surface area (Å²) in [6, 6.07) is 13.1. The zero-order valence-corrected chi connectivity index (χ0v) is 14.6. The fourth-order valence-electron chi connectivity index (χ4n) is 4.11. The van der Waals surface area contributed by atoms with Crippen LogP contribution in [-0.2, 0) is 10.0 Å². The van der Waals surface area contributed by atoms with Crippen LogP contribution in [0.25, 0.3) is 5.69 Å². The largest absolute Gasteiger partial charge is 0.303 e. The Morgan fingerprint density at radius 3 is 2.54 bits per heavy atom. The fourth-order valence-corrected chi connectivity index (χ4v) is 5.60. The monoisotopic (exact) mass is 369 g/mol. The standard InChI is InChI=1S/C19H16FN3O2S/c20-13-5-7-14(8-6-13)26(24,25)22-11-16-15-3-1-2-4-18(15)23-10-9-21-19(23)17(16)12-22/h1-10,16-17H,11-12H2/t16-,17-/m0/s1. The number of sulfonamides is 1. The van der Waals surface area contributed by atoms with Gasteiger partial charge in [-0.05, 0) is 35.9 Å². The molecule has 3 aromatic rings. The van der Waals surface area contributed by atoms with Crippen LogP contribution in [-0.4, -0.2) is 35.4 Å². The van der Waals surface area contributed by atoms with E-state index in [0.29, 0.717) is 13.1 Å². The molecule has 0 saturated carbocycles. The summed E-state index contributed by atoms with van der Waals surface area (Å²) < 4.78 is 42.8. The number of hydrogen-bond acceptors (Lipinski definition) is 3. The Balaban J connectivity index is 1.57. The summed E-state index contributed by atoms with van der Waals surface area (Å²) in [5, 5.41) is 0. The van der Waals surface area contributed by atoms with Gasteiger partial charge in [0.1, 0.15) is 11.6 Å². The number of para-hydroxylation sites is 1. The van der Waals surface area contributed by atoms with Gasteiger partial charge in [0, 0.05) is 37.3 Å². The highest BCUT2D eigenvalue weighted by molar-refractivity contribution is 7.89. The normalized spacial score (nSPS) is 21.9. The first kappa shape index (κ1) is 15.7. The highest BCUT2D eigenvalue weighted by atomic mass is 32.2. The van der Waals surface area contributed by atoms with Gasteiger partial charge in [-0.1, -0.05) is 18.2 Å². The summed E-state index contributed by atoms with van der Waals surface area (Å²) in [5.41, 5.74) is 2.20. The van der Waals surface area contributed by atoms with E-state index in [0.717, 1.165) is 17.1 Å². The lowest BCUT2D eigenvalue weighted by atomic mass is 9.84. The summed E-state index contributed by atoms with van der Waals surface area (Å²) in [5.74, 6) is 0.520. The van der Waals surface area contributed by atoms with Crippen LogP contribution in [0.15, 0.2) is 65.8 Å². The van der Waals surface area contributed by atoms with E-state index in [2.05, 4.69) is 11.1 Å². The molecule has 3 heterocycles. The van der Waals surface area contributed by atoms with Crippen LogP contribution in [0.5, 0.6) is 0 Å². The highest BCUT2D eigenvalue weighted by Gasteiger charge is 2.45. The molecule has 5 nitrogen and oxygen atoms in total. The number of benzene rings is 2. The van der Waals surface area contributed by atoms with Crippen LogP contribution < -0.4 is 0 Å². The predicted molar refractivity (Wildman–Crippen MR) is 94.2 cm³/mol. The maximum absolute atomic E-state index is 13.2. The molecule has 0 unspecified atom stereocenters. The van der Waals surface area contributed by atoms with Crippen LogP contribution in [0.1, 0.15) is 23.2 Å². The first-order valence-electron chi connectivity index (χ1n) is 8.44. The molecule has 2 aromatic carbocycles. The Labute approximate surface area is 150 Å². The van der Waals surface area contributed by atoms with Gasteiger partial charge in [0.2, 0.25) is 10.0 Å². The van der Waals surface area contributed by atoms with Crippen LogP contribution in [0.4, 0.5) is 4.39 Å². The van der Waals surface area contributed by atoms with E-state index in [1.54, 1.807) is 6.20 Å². The maximum atomic E-state index is 13.2. The van der Waals surface area contributed by atoms with Gasteiger partial charge < -0.3 is 4.57 Å². The molecule has 26 heavy (non-hydrogen) atoms. The number of aromatic nitrogens is 2. The van der Waals surface area contributed by atoms with Crippen LogP contribution in [0.3, 0.4) is 0 Å². The third-order valence-corrected chi connectivity index (χ3v) is 7.18. The summed E-state index contributed by atoms with van der Waals surface area (Å²) in [4.78, 5) is 4.61. The minimum atomic E-state index is -3.67. The van der Waals surface area contributed by atoms with E-state index in [9.17, 15) is 12.8 Å². The Bertz CT molecular complexity index is 1090. The molecule has 1 fully saturated rings. The quantitative estimate of drug-likeness (QED) is 0.698. The fraction of sp³-hybridized carbons (Fsp3) is 0.211. The van der Waals surface area contributed by atoms with Crippen molar-refractivity contribution >= 4 is 10.0 Å².